The van der Waals surface area contributed by atoms with E-state index in [1.165, 1.54) is 32.1 Å². The van der Waals surface area contributed by atoms with Gasteiger partial charge in [0.25, 0.3) is 5.91 Å². The second-order valence-electron chi connectivity index (χ2n) is 6.10. The van der Waals surface area contributed by atoms with Crippen LogP contribution in [0.5, 0.6) is 0 Å². The van der Waals surface area contributed by atoms with Gasteiger partial charge in [0.2, 0.25) is 0 Å². The van der Waals surface area contributed by atoms with E-state index in [0.29, 0.717) is 17.4 Å². The molecule has 1 aromatic carbocycles. The lowest BCUT2D eigenvalue weighted by Crippen LogP contribution is -2.23. The van der Waals surface area contributed by atoms with Gasteiger partial charge in [-0.05, 0) is 44.0 Å². The first-order valence-corrected chi connectivity index (χ1v) is 8.19. The van der Waals surface area contributed by atoms with Crippen LogP contribution >= 0.6 is 0 Å². The van der Waals surface area contributed by atoms with Gasteiger partial charge in [-0.25, -0.2) is 0 Å². The molecule has 2 N–H and O–H groups in total. The first kappa shape index (κ1) is 15.5. The summed E-state index contributed by atoms with van der Waals surface area (Å²) >= 11 is 0. The van der Waals surface area contributed by atoms with Crippen LogP contribution in [0.3, 0.4) is 0 Å². The number of hydrogen-bond donors (Lipinski definition) is 2. The van der Waals surface area contributed by atoms with Gasteiger partial charge in [0.1, 0.15) is 5.82 Å². The van der Waals surface area contributed by atoms with Crippen LogP contribution in [0.15, 0.2) is 36.4 Å². The number of hydrogen-bond acceptors (Lipinski definition) is 4. The fourth-order valence-electron chi connectivity index (χ4n) is 2.83. The summed E-state index contributed by atoms with van der Waals surface area (Å²) in [5, 5.41) is 14.4. The molecule has 1 amide bonds. The standard InChI is InChI=1S/C18H22N4O/c1-13-7-9-14(10-8-13)18(23)20-17-12-11-16(21-22-17)19-15-5-3-2-4-6-15/h7-12,15H,2-6H2,1H3,(H,19,21)(H,20,22,23). The van der Waals surface area contributed by atoms with Gasteiger partial charge in [-0.3, -0.25) is 4.79 Å². The van der Waals surface area contributed by atoms with Crippen LogP contribution < -0.4 is 10.6 Å². The number of aryl methyl sites for hydroxylation is 1. The first-order valence-electron chi connectivity index (χ1n) is 8.19. The fourth-order valence-corrected chi connectivity index (χ4v) is 2.83. The smallest absolute Gasteiger partial charge is 0.256 e. The molecule has 0 unspecified atom stereocenters. The second-order valence-corrected chi connectivity index (χ2v) is 6.10. The summed E-state index contributed by atoms with van der Waals surface area (Å²) in [7, 11) is 0. The van der Waals surface area contributed by atoms with E-state index in [1.54, 1.807) is 18.2 Å². The van der Waals surface area contributed by atoms with Gasteiger partial charge in [0.05, 0.1) is 0 Å². The van der Waals surface area contributed by atoms with E-state index in [4.69, 9.17) is 0 Å². The monoisotopic (exact) mass is 310 g/mol. The molecule has 1 fully saturated rings. The second kappa shape index (κ2) is 7.22. The average molecular weight is 310 g/mol. The highest BCUT2D eigenvalue weighted by Crippen LogP contribution is 2.20. The molecule has 0 atom stereocenters. The minimum absolute atomic E-state index is 0.174. The van der Waals surface area contributed by atoms with Crippen LogP contribution in [-0.2, 0) is 0 Å². The summed E-state index contributed by atoms with van der Waals surface area (Å²) in [5.41, 5.74) is 1.74. The lowest BCUT2D eigenvalue weighted by atomic mass is 9.95. The Kier molecular flexibility index (Phi) is 4.86. The maximum atomic E-state index is 12.1. The van der Waals surface area contributed by atoms with E-state index in [2.05, 4.69) is 20.8 Å². The van der Waals surface area contributed by atoms with Crippen LogP contribution in [0.4, 0.5) is 11.6 Å². The molecule has 2 aromatic rings. The van der Waals surface area contributed by atoms with Gasteiger partial charge in [0.15, 0.2) is 5.82 Å². The molecular formula is C18H22N4O. The summed E-state index contributed by atoms with van der Waals surface area (Å²) in [5.74, 6) is 1.06. The number of benzene rings is 1. The lowest BCUT2D eigenvalue weighted by molar-refractivity contribution is 0.102. The van der Waals surface area contributed by atoms with Crippen molar-refractivity contribution in [1.29, 1.82) is 0 Å². The zero-order chi connectivity index (χ0) is 16.1. The molecule has 1 aromatic heterocycles. The summed E-state index contributed by atoms with van der Waals surface area (Å²) in [6, 6.07) is 11.6. The van der Waals surface area contributed by atoms with E-state index in [-0.39, 0.29) is 5.91 Å². The minimum atomic E-state index is -0.174. The van der Waals surface area contributed by atoms with Crippen molar-refractivity contribution in [2.45, 2.75) is 45.1 Å². The lowest BCUT2D eigenvalue weighted by Gasteiger charge is -2.22. The average Bonchev–Trinajstić information content (AvgIpc) is 2.58. The Balaban J connectivity index is 1.58. The molecule has 0 aliphatic heterocycles. The van der Waals surface area contributed by atoms with Crippen molar-refractivity contribution in [1.82, 2.24) is 10.2 Å². The molecule has 1 aliphatic carbocycles. The summed E-state index contributed by atoms with van der Waals surface area (Å²) in [4.78, 5) is 12.1. The number of amides is 1. The minimum Gasteiger partial charge on any atom is -0.366 e. The van der Waals surface area contributed by atoms with E-state index in [9.17, 15) is 4.79 Å². The SMILES string of the molecule is Cc1ccc(C(=O)Nc2ccc(NC3CCCCC3)nn2)cc1. The van der Waals surface area contributed by atoms with Crippen molar-refractivity contribution >= 4 is 17.5 Å². The Bertz CT molecular complexity index is 646. The molecule has 0 saturated heterocycles. The number of rotatable bonds is 4. The van der Waals surface area contributed by atoms with E-state index in [1.807, 2.05) is 25.1 Å². The van der Waals surface area contributed by atoms with Crippen molar-refractivity contribution in [2.24, 2.45) is 0 Å². The predicted octanol–water partition coefficient (Wildman–Crippen LogP) is 3.78. The van der Waals surface area contributed by atoms with Crippen molar-refractivity contribution in [3.05, 3.63) is 47.5 Å². The number of nitrogens with one attached hydrogen (secondary N) is 2. The van der Waals surface area contributed by atoms with Crippen LogP contribution in [0, 0.1) is 6.92 Å². The third-order valence-electron chi connectivity index (χ3n) is 4.18. The van der Waals surface area contributed by atoms with E-state index >= 15 is 0 Å². The molecule has 1 saturated carbocycles. The van der Waals surface area contributed by atoms with Crippen molar-refractivity contribution < 1.29 is 4.79 Å². The van der Waals surface area contributed by atoms with Gasteiger partial charge < -0.3 is 10.6 Å². The maximum absolute atomic E-state index is 12.1. The molecule has 1 heterocycles. The zero-order valence-electron chi connectivity index (χ0n) is 13.4. The van der Waals surface area contributed by atoms with Crippen LogP contribution in [0.25, 0.3) is 0 Å². The van der Waals surface area contributed by atoms with Gasteiger partial charge in [0, 0.05) is 11.6 Å². The topological polar surface area (TPSA) is 66.9 Å². The third kappa shape index (κ3) is 4.28. The van der Waals surface area contributed by atoms with Crippen LogP contribution in [-0.4, -0.2) is 22.1 Å². The van der Waals surface area contributed by atoms with Crippen molar-refractivity contribution in [3.8, 4) is 0 Å². The number of carbonyl (C=O) groups is 1. The Hall–Kier alpha value is -2.43. The Labute approximate surface area is 136 Å². The Morgan fingerprint density at radius 2 is 1.61 bits per heavy atom. The molecular weight excluding hydrogens is 288 g/mol. The highest BCUT2D eigenvalue weighted by atomic mass is 16.1. The summed E-state index contributed by atoms with van der Waals surface area (Å²) < 4.78 is 0. The maximum Gasteiger partial charge on any atom is 0.256 e. The molecule has 120 valence electrons. The quantitative estimate of drug-likeness (QED) is 0.902. The van der Waals surface area contributed by atoms with Crippen LogP contribution in [0.2, 0.25) is 0 Å². The van der Waals surface area contributed by atoms with Gasteiger partial charge >= 0.3 is 0 Å². The normalized spacial score (nSPS) is 15.2. The number of nitrogens with zero attached hydrogens (tertiary/aromatic N) is 2. The Morgan fingerprint density at radius 3 is 2.26 bits per heavy atom. The Morgan fingerprint density at radius 1 is 0.957 bits per heavy atom. The van der Waals surface area contributed by atoms with Crippen molar-refractivity contribution in [2.75, 3.05) is 10.6 Å². The molecule has 5 heteroatoms. The largest absolute Gasteiger partial charge is 0.366 e. The molecule has 5 nitrogen and oxygen atoms in total. The highest BCUT2D eigenvalue weighted by Gasteiger charge is 2.13. The molecule has 23 heavy (non-hydrogen) atoms. The van der Waals surface area contributed by atoms with E-state index < -0.39 is 0 Å². The number of aromatic nitrogens is 2. The van der Waals surface area contributed by atoms with Gasteiger partial charge in [-0.1, -0.05) is 37.0 Å². The molecule has 0 bridgehead atoms. The molecule has 0 radical (unpaired) electrons. The third-order valence-corrected chi connectivity index (χ3v) is 4.18. The zero-order valence-corrected chi connectivity index (χ0v) is 13.4. The van der Waals surface area contributed by atoms with Gasteiger partial charge in [-0.2, -0.15) is 0 Å². The molecule has 0 spiro atoms. The molecule has 1 aliphatic rings. The van der Waals surface area contributed by atoms with Crippen LogP contribution in [0.1, 0.15) is 48.0 Å². The molecule has 3 rings (SSSR count). The number of carbonyl (C=O) groups excluding carboxylic acids is 1. The van der Waals surface area contributed by atoms with Crippen molar-refractivity contribution in [3.63, 3.8) is 0 Å². The predicted molar refractivity (Wildman–Crippen MR) is 91.7 cm³/mol. The van der Waals surface area contributed by atoms with Gasteiger partial charge in [-0.15, -0.1) is 10.2 Å². The first-order chi connectivity index (χ1) is 11.2. The fraction of sp³-hybridized carbons (Fsp3) is 0.389. The number of anilines is 2. The summed E-state index contributed by atoms with van der Waals surface area (Å²) in [6.07, 6.45) is 6.25. The summed E-state index contributed by atoms with van der Waals surface area (Å²) in [6.45, 7) is 1.99. The highest BCUT2D eigenvalue weighted by molar-refractivity contribution is 6.03. The van der Waals surface area contributed by atoms with E-state index in [0.717, 1.165) is 11.4 Å².